The van der Waals surface area contributed by atoms with Gasteiger partial charge in [0.2, 0.25) is 5.91 Å². The number of methoxy groups -OCH3 is 1. The average Bonchev–Trinajstić information content (AvgIpc) is 2.96. The van der Waals surface area contributed by atoms with Crippen LogP contribution in [0.4, 0.5) is 0 Å². The first kappa shape index (κ1) is 16.5. The van der Waals surface area contributed by atoms with E-state index in [0.29, 0.717) is 12.4 Å². The van der Waals surface area contributed by atoms with E-state index in [0.717, 1.165) is 45.2 Å². The summed E-state index contributed by atoms with van der Waals surface area (Å²) in [5.41, 5.74) is -0.278. The summed E-state index contributed by atoms with van der Waals surface area (Å²) in [6.07, 6.45) is 7.65. The van der Waals surface area contributed by atoms with Gasteiger partial charge in [0.1, 0.15) is 11.9 Å². The molecule has 128 valence electrons. The molecule has 0 aromatic carbocycles. The van der Waals surface area contributed by atoms with Gasteiger partial charge in [-0.25, -0.2) is 4.98 Å². The van der Waals surface area contributed by atoms with Gasteiger partial charge in [-0.15, -0.1) is 0 Å². The number of aromatic nitrogens is 2. The summed E-state index contributed by atoms with van der Waals surface area (Å²) in [4.78, 5) is 19.0. The highest BCUT2D eigenvalue weighted by atomic mass is 16.5. The predicted octanol–water partition coefficient (Wildman–Crippen LogP) is 1.51. The van der Waals surface area contributed by atoms with Crippen LogP contribution >= 0.6 is 0 Å². The second kappa shape index (κ2) is 6.61. The Hall–Kier alpha value is -1.40. The highest BCUT2D eigenvalue weighted by Crippen LogP contribution is 2.43. The molecular formula is C17H27N3O3. The molecule has 1 atom stereocenters. The first-order valence-electron chi connectivity index (χ1n) is 8.51. The van der Waals surface area contributed by atoms with Crippen molar-refractivity contribution in [3.05, 3.63) is 18.2 Å². The lowest BCUT2D eigenvalue weighted by Gasteiger charge is -2.45. The molecule has 2 heterocycles. The van der Waals surface area contributed by atoms with Crippen LogP contribution in [0, 0.1) is 11.3 Å². The topological polar surface area (TPSA) is 67.6 Å². The molecule has 1 saturated heterocycles. The number of likely N-dealkylation sites (tertiary alicyclic amines) is 1. The normalized spacial score (nSPS) is 22.7. The summed E-state index contributed by atoms with van der Waals surface area (Å²) in [7, 11) is 3.57. The fourth-order valence-electron chi connectivity index (χ4n) is 3.93. The second-order valence-corrected chi connectivity index (χ2v) is 7.04. The minimum Gasteiger partial charge on any atom is -0.385 e. The Kier molecular flexibility index (Phi) is 4.73. The van der Waals surface area contributed by atoms with Crippen LogP contribution in [-0.2, 0) is 16.6 Å². The zero-order valence-corrected chi connectivity index (χ0v) is 14.1. The maximum Gasteiger partial charge on any atom is 0.231 e. The van der Waals surface area contributed by atoms with Crippen LogP contribution in [0.25, 0.3) is 0 Å². The second-order valence-electron chi connectivity index (χ2n) is 7.04. The molecule has 1 N–H and O–H groups in total. The third-order valence-electron chi connectivity index (χ3n) is 5.58. The van der Waals surface area contributed by atoms with E-state index in [2.05, 4.69) is 4.98 Å². The van der Waals surface area contributed by atoms with Crippen molar-refractivity contribution >= 4 is 5.91 Å². The van der Waals surface area contributed by atoms with E-state index in [-0.39, 0.29) is 17.2 Å². The van der Waals surface area contributed by atoms with Crippen LogP contribution < -0.4 is 0 Å². The van der Waals surface area contributed by atoms with E-state index in [9.17, 15) is 9.90 Å². The van der Waals surface area contributed by atoms with Crippen molar-refractivity contribution in [1.82, 2.24) is 14.5 Å². The number of amides is 1. The molecule has 1 aliphatic carbocycles. The van der Waals surface area contributed by atoms with E-state index < -0.39 is 6.10 Å². The fraction of sp³-hybridized carbons (Fsp3) is 0.765. The van der Waals surface area contributed by atoms with Crippen molar-refractivity contribution in [2.75, 3.05) is 26.8 Å². The van der Waals surface area contributed by atoms with Crippen LogP contribution in [0.3, 0.4) is 0 Å². The molecule has 0 spiro atoms. The first-order valence-corrected chi connectivity index (χ1v) is 8.51. The molecule has 23 heavy (non-hydrogen) atoms. The molecule has 3 rings (SSSR count). The fourth-order valence-corrected chi connectivity index (χ4v) is 3.93. The summed E-state index contributed by atoms with van der Waals surface area (Å²) < 4.78 is 7.15. The molecule has 1 aromatic heterocycles. The van der Waals surface area contributed by atoms with Crippen molar-refractivity contribution < 1.29 is 14.6 Å². The molecule has 1 amide bonds. The number of aryl methyl sites for hydroxylation is 1. The molecule has 2 aliphatic rings. The van der Waals surface area contributed by atoms with E-state index in [4.69, 9.17) is 4.74 Å². The zero-order valence-electron chi connectivity index (χ0n) is 14.1. The number of aliphatic hydroxyl groups excluding tert-OH is 1. The standard InChI is InChI=1S/C17H27N3O3/c1-19-11-8-18-15(19)14(21)13-4-9-20(10-5-13)16(22)17(12-23-2)6-3-7-17/h8,11,13-14,21H,3-7,9-10,12H2,1-2H3. The average molecular weight is 321 g/mol. The minimum absolute atomic E-state index is 0.167. The summed E-state index contributed by atoms with van der Waals surface area (Å²) >= 11 is 0. The molecule has 1 aromatic rings. The van der Waals surface area contributed by atoms with Crippen LogP contribution in [0.5, 0.6) is 0 Å². The summed E-state index contributed by atoms with van der Waals surface area (Å²) in [5, 5.41) is 10.5. The van der Waals surface area contributed by atoms with Crippen LogP contribution in [0.2, 0.25) is 0 Å². The number of piperidine rings is 1. The highest BCUT2D eigenvalue weighted by Gasteiger charge is 2.47. The van der Waals surface area contributed by atoms with Gasteiger partial charge in [-0.1, -0.05) is 6.42 Å². The molecule has 6 heteroatoms. The zero-order chi connectivity index (χ0) is 16.4. The number of ether oxygens (including phenoxy) is 1. The number of nitrogens with zero attached hydrogens (tertiary/aromatic N) is 3. The van der Waals surface area contributed by atoms with Crippen LogP contribution in [0.1, 0.15) is 44.0 Å². The number of imidazole rings is 1. The Morgan fingerprint density at radius 1 is 1.48 bits per heavy atom. The Balaban J connectivity index is 1.58. The van der Waals surface area contributed by atoms with Crippen molar-refractivity contribution in [3.8, 4) is 0 Å². The van der Waals surface area contributed by atoms with Gasteiger partial charge in [0.15, 0.2) is 0 Å². The monoisotopic (exact) mass is 321 g/mol. The molecule has 0 bridgehead atoms. The van der Waals surface area contributed by atoms with Crippen LogP contribution in [-0.4, -0.2) is 52.3 Å². The summed E-state index contributed by atoms with van der Waals surface area (Å²) in [5.74, 6) is 1.13. The highest BCUT2D eigenvalue weighted by molar-refractivity contribution is 5.84. The number of hydrogen-bond acceptors (Lipinski definition) is 4. The molecule has 6 nitrogen and oxygen atoms in total. The van der Waals surface area contributed by atoms with Gasteiger partial charge in [0.25, 0.3) is 0 Å². The van der Waals surface area contributed by atoms with E-state index >= 15 is 0 Å². The van der Waals surface area contributed by atoms with Gasteiger partial charge in [-0.05, 0) is 31.6 Å². The maximum atomic E-state index is 12.8. The molecule has 1 saturated carbocycles. The summed E-state index contributed by atoms with van der Waals surface area (Å²) in [6, 6.07) is 0. The minimum atomic E-state index is -0.552. The third-order valence-corrected chi connectivity index (χ3v) is 5.58. The Bertz CT molecular complexity index is 545. The van der Waals surface area contributed by atoms with E-state index in [1.54, 1.807) is 13.3 Å². The van der Waals surface area contributed by atoms with Crippen LogP contribution in [0.15, 0.2) is 12.4 Å². The van der Waals surface area contributed by atoms with E-state index in [1.165, 1.54) is 0 Å². The number of carbonyl (C=O) groups excluding carboxylic acids is 1. The number of rotatable bonds is 5. The van der Waals surface area contributed by atoms with Crippen molar-refractivity contribution in [3.63, 3.8) is 0 Å². The van der Waals surface area contributed by atoms with Crippen molar-refractivity contribution in [2.45, 2.75) is 38.2 Å². The van der Waals surface area contributed by atoms with Gasteiger partial charge in [-0.2, -0.15) is 0 Å². The number of aliphatic hydroxyl groups is 1. The smallest absolute Gasteiger partial charge is 0.231 e. The van der Waals surface area contributed by atoms with Crippen molar-refractivity contribution in [1.29, 1.82) is 0 Å². The maximum absolute atomic E-state index is 12.8. The van der Waals surface area contributed by atoms with Gasteiger partial charge >= 0.3 is 0 Å². The Morgan fingerprint density at radius 3 is 2.65 bits per heavy atom. The molecule has 0 radical (unpaired) electrons. The SMILES string of the molecule is COCC1(C(=O)N2CCC(C(O)c3nccn3C)CC2)CCC1. The lowest BCUT2D eigenvalue weighted by Crippen LogP contribution is -2.52. The van der Waals surface area contributed by atoms with Gasteiger partial charge in [0, 0.05) is 39.6 Å². The Morgan fingerprint density at radius 2 is 2.17 bits per heavy atom. The largest absolute Gasteiger partial charge is 0.385 e. The molecular weight excluding hydrogens is 294 g/mol. The number of carbonyl (C=O) groups is 1. The molecule has 1 unspecified atom stereocenters. The molecule has 2 fully saturated rings. The Labute approximate surface area is 137 Å². The summed E-state index contributed by atoms with van der Waals surface area (Å²) in [6.45, 7) is 1.97. The third kappa shape index (κ3) is 3.02. The van der Waals surface area contributed by atoms with E-state index in [1.807, 2.05) is 22.7 Å². The quantitative estimate of drug-likeness (QED) is 0.892. The lowest BCUT2D eigenvalue weighted by molar-refractivity contribution is -0.154. The molecule has 1 aliphatic heterocycles. The number of hydrogen-bond donors (Lipinski definition) is 1. The van der Waals surface area contributed by atoms with Gasteiger partial charge < -0.3 is 19.3 Å². The van der Waals surface area contributed by atoms with Crippen molar-refractivity contribution in [2.24, 2.45) is 18.4 Å². The first-order chi connectivity index (χ1) is 11.1. The predicted molar refractivity (Wildman–Crippen MR) is 85.6 cm³/mol. The lowest BCUT2D eigenvalue weighted by atomic mass is 9.68. The van der Waals surface area contributed by atoms with Gasteiger partial charge in [0.05, 0.1) is 12.0 Å². The van der Waals surface area contributed by atoms with Gasteiger partial charge in [-0.3, -0.25) is 4.79 Å².